The average Bonchev–Trinajstić information content (AvgIpc) is 3.53. The molecule has 6 rings (SSSR count). The summed E-state index contributed by atoms with van der Waals surface area (Å²) in [5, 5.41) is 20.6. The maximum Gasteiger partial charge on any atom is 0.248 e. The molecule has 2 saturated heterocycles. The monoisotopic (exact) mass is 596 g/mol. The number of pyridine rings is 2. The summed E-state index contributed by atoms with van der Waals surface area (Å²) >= 11 is 6.55. The number of amides is 1. The van der Waals surface area contributed by atoms with E-state index in [2.05, 4.69) is 32.0 Å². The highest BCUT2D eigenvalue weighted by Crippen LogP contribution is 2.38. The minimum atomic E-state index is -0.238. The van der Waals surface area contributed by atoms with Gasteiger partial charge in [-0.1, -0.05) is 23.2 Å². The average molecular weight is 597 g/mol. The highest BCUT2D eigenvalue weighted by atomic mass is 35.5. The molecule has 1 atom stereocenters. The molecule has 4 heterocycles. The maximum atomic E-state index is 13.1. The van der Waals surface area contributed by atoms with E-state index in [1.54, 1.807) is 54.7 Å². The summed E-state index contributed by atoms with van der Waals surface area (Å²) in [5.41, 5.74) is 3.63. The van der Waals surface area contributed by atoms with Crippen LogP contribution in [0.15, 0.2) is 72.6 Å². The molecule has 4 aromatic rings. The molecule has 2 fully saturated rings. The summed E-state index contributed by atoms with van der Waals surface area (Å²) in [6, 6.07) is 16.4. The van der Waals surface area contributed by atoms with Gasteiger partial charge in [0.05, 0.1) is 40.7 Å². The molecule has 11 heteroatoms. The Kier molecular flexibility index (Phi) is 8.65. The summed E-state index contributed by atoms with van der Waals surface area (Å²) < 4.78 is 17.6. The summed E-state index contributed by atoms with van der Waals surface area (Å²) in [7, 11) is 0. The van der Waals surface area contributed by atoms with Crippen molar-refractivity contribution in [2.75, 3.05) is 36.9 Å². The van der Waals surface area contributed by atoms with Crippen LogP contribution in [0.5, 0.6) is 17.4 Å². The molecule has 0 aliphatic carbocycles. The molecule has 2 aromatic carbocycles. The fourth-order valence-electron chi connectivity index (χ4n) is 4.99. The van der Waals surface area contributed by atoms with Crippen molar-refractivity contribution in [3.63, 3.8) is 0 Å². The van der Waals surface area contributed by atoms with Crippen LogP contribution >= 0.6 is 11.6 Å². The Morgan fingerprint density at radius 1 is 1.14 bits per heavy atom. The van der Waals surface area contributed by atoms with Crippen LogP contribution in [-0.2, 0) is 9.53 Å². The second-order valence-electron chi connectivity index (χ2n) is 10.2. The molecule has 2 aliphatic heterocycles. The number of nitriles is 1. The summed E-state index contributed by atoms with van der Waals surface area (Å²) in [6.45, 7) is 2.79. The minimum Gasteiger partial charge on any atom is -0.486 e. The minimum absolute atomic E-state index is 0.138. The van der Waals surface area contributed by atoms with Gasteiger partial charge >= 0.3 is 0 Å². The molecule has 218 valence electrons. The molecule has 1 unspecified atom stereocenters. The number of benzene rings is 2. The number of aromatic nitrogens is 2. The van der Waals surface area contributed by atoms with Crippen molar-refractivity contribution in [2.24, 2.45) is 0 Å². The van der Waals surface area contributed by atoms with Gasteiger partial charge in [0, 0.05) is 48.1 Å². The molecule has 1 amide bonds. The number of anilines is 3. The number of piperidine rings is 1. The second kappa shape index (κ2) is 13.1. The molecule has 2 aliphatic rings. The SMILES string of the molecule is N#Cc1cnc2cc(OC3CCOC3)c(NC(=O)C=C3CCNCC3)cc2c1Nc1ccc(Oc2ccccn2)c(Cl)c1. The standard InChI is InChI=1S/C32H29ClN6O4/c33-25-14-22(4-5-28(25)43-31-3-1-2-9-36-31)38-32-21(17-34)18-37-26-16-29(42-23-8-12-41-19-23)27(15-24(26)32)39-30(40)13-20-6-10-35-11-7-20/h1-5,9,13-16,18,23,35H,6-8,10-12,19H2,(H,37,38)(H,39,40). The number of halogens is 1. The number of hydrogen-bond donors (Lipinski definition) is 3. The summed E-state index contributed by atoms with van der Waals surface area (Å²) in [4.78, 5) is 21.8. The summed E-state index contributed by atoms with van der Waals surface area (Å²) in [6.07, 6.45) is 7.06. The van der Waals surface area contributed by atoms with Crippen molar-refractivity contribution >= 4 is 45.5 Å². The van der Waals surface area contributed by atoms with E-state index in [1.165, 1.54) is 6.20 Å². The van der Waals surface area contributed by atoms with Crippen LogP contribution < -0.4 is 25.4 Å². The lowest BCUT2D eigenvalue weighted by Gasteiger charge is -2.19. The Bertz CT molecular complexity index is 1710. The molecular weight excluding hydrogens is 568 g/mol. The molecular formula is C32H29ClN6O4. The number of carbonyl (C=O) groups is 1. The van der Waals surface area contributed by atoms with Gasteiger partial charge in [0.15, 0.2) is 0 Å². The second-order valence-corrected chi connectivity index (χ2v) is 10.6. The predicted molar refractivity (Wildman–Crippen MR) is 164 cm³/mol. The largest absolute Gasteiger partial charge is 0.486 e. The lowest BCUT2D eigenvalue weighted by molar-refractivity contribution is -0.112. The molecule has 43 heavy (non-hydrogen) atoms. The van der Waals surface area contributed by atoms with Crippen LogP contribution in [0.25, 0.3) is 10.9 Å². The van der Waals surface area contributed by atoms with Crippen LogP contribution in [0.4, 0.5) is 17.1 Å². The van der Waals surface area contributed by atoms with E-state index in [-0.39, 0.29) is 12.0 Å². The Morgan fingerprint density at radius 3 is 2.77 bits per heavy atom. The van der Waals surface area contributed by atoms with Gasteiger partial charge in [-0.3, -0.25) is 9.78 Å². The zero-order valence-electron chi connectivity index (χ0n) is 23.2. The quantitative estimate of drug-likeness (QED) is 0.206. The molecule has 3 N–H and O–H groups in total. The van der Waals surface area contributed by atoms with E-state index in [0.717, 1.165) is 37.9 Å². The first kappa shape index (κ1) is 28.4. The topological polar surface area (TPSA) is 130 Å². The van der Waals surface area contributed by atoms with Gasteiger partial charge in [0.2, 0.25) is 11.8 Å². The molecule has 0 saturated carbocycles. The van der Waals surface area contributed by atoms with Gasteiger partial charge < -0.3 is 30.2 Å². The number of rotatable bonds is 8. The van der Waals surface area contributed by atoms with E-state index in [1.807, 2.05) is 6.07 Å². The predicted octanol–water partition coefficient (Wildman–Crippen LogP) is 6.11. The van der Waals surface area contributed by atoms with Crippen LogP contribution in [0.1, 0.15) is 24.8 Å². The Morgan fingerprint density at radius 2 is 2.02 bits per heavy atom. The third kappa shape index (κ3) is 6.87. The van der Waals surface area contributed by atoms with Gasteiger partial charge in [-0.05, 0) is 56.3 Å². The first-order valence-electron chi connectivity index (χ1n) is 14.0. The third-order valence-electron chi connectivity index (χ3n) is 7.16. The molecule has 0 bridgehead atoms. The van der Waals surface area contributed by atoms with E-state index in [0.29, 0.717) is 69.1 Å². The Labute approximate surface area is 253 Å². The van der Waals surface area contributed by atoms with Gasteiger partial charge in [0.25, 0.3) is 0 Å². The zero-order valence-corrected chi connectivity index (χ0v) is 24.0. The first-order valence-corrected chi connectivity index (χ1v) is 14.4. The highest BCUT2D eigenvalue weighted by molar-refractivity contribution is 6.32. The van der Waals surface area contributed by atoms with Crippen LogP contribution in [-0.4, -0.2) is 48.3 Å². The zero-order chi connectivity index (χ0) is 29.6. The first-order chi connectivity index (χ1) is 21.1. The maximum absolute atomic E-state index is 13.1. The van der Waals surface area contributed by atoms with Crippen molar-refractivity contribution in [2.45, 2.75) is 25.4 Å². The van der Waals surface area contributed by atoms with Crippen LogP contribution in [0.3, 0.4) is 0 Å². The van der Waals surface area contributed by atoms with Crippen molar-refractivity contribution in [1.29, 1.82) is 5.26 Å². The van der Waals surface area contributed by atoms with Crippen molar-refractivity contribution in [3.8, 4) is 23.4 Å². The van der Waals surface area contributed by atoms with Gasteiger partial charge in [-0.15, -0.1) is 0 Å². The Hall–Kier alpha value is -4.69. The van der Waals surface area contributed by atoms with E-state index in [9.17, 15) is 10.1 Å². The van der Waals surface area contributed by atoms with Crippen LogP contribution in [0, 0.1) is 11.3 Å². The number of nitrogens with one attached hydrogen (secondary N) is 3. The van der Waals surface area contributed by atoms with Gasteiger partial charge in [0.1, 0.15) is 23.7 Å². The van der Waals surface area contributed by atoms with E-state index in [4.69, 9.17) is 25.8 Å². The fraction of sp³-hybridized carbons (Fsp3) is 0.250. The fourth-order valence-corrected chi connectivity index (χ4v) is 5.21. The molecule has 0 spiro atoms. The molecule has 10 nitrogen and oxygen atoms in total. The number of fused-ring (bicyclic) bond motifs is 1. The lowest BCUT2D eigenvalue weighted by Crippen LogP contribution is -2.24. The van der Waals surface area contributed by atoms with Crippen LogP contribution in [0.2, 0.25) is 5.02 Å². The lowest BCUT2D eigenvalue weighted by atomic mass is 10.0. The van der Waals surface area contributed by atoms with Gasteiger partial charge in [-0.2, -0.15) is 5.26 Å². The number of hydrogen-bond acceptors (Lipinski definition) is 9. The van der Waals surface area contributed by atoms with E-state index < -0.39 is 0 Å². The number of ether oxygens (including phenoxy) is 3. The van der Waals surface area contributed by atoms with Crippen molar-refractivity contribution < 1.29 is 19.0 Å². The van der Waals surface area contributed by atoms with Crippen molar-refractivity contribution in [1.82, 2.24) is 15.3 Å². The molecule has 2 aromatic heterocycles. The third-order valence-corrected chi connectivity index (χ3v) is 7.46. The normalized spacial score (nSPS) is 16.4. The summed E-state index contributed by atoms with van der Waals surface area (Å²) in [5.74, 6) is 1.11. The van der Waals surface area contributed by atoms with Crippen molar-refractivity contribution in [3.05, 3.63) is 83.2 Å². The molecule has 0 radical (unpaired) electrons. The van der Waals surface area contributed by atoms with E-state index >= 15 is 0 Å². The smallest absolute Gasteiger partial charge is 0.248 e. The number of nitrogens with zero attached hydrogens (tertiary/aromatic N) is 3. The Balaban J connectivity index is 1.34. The number of carbonyl (C=O) groups excluding carboxylic acids is 1. The van der Waals surface area contributed by atoms with Gasteiger partial charge in [-0.25, -0.2) is 4.98 Å². The highest BCUT2D eigenvalue weighted by Gasteiger charge is 2.22.